The van der Waals surface area contributed by atoms with E-state index in [0.717, 1.165) is 50.4 Å². The van der Waals surface area contributed by atoms with E-state index in [1.54, 1.807) is 18.2 Å². The van der Waals surface area contributed by atoms with Crippen LogP contribution >= 0.6 is 23.2 Å². The van der Waals surface area contributed by atoms with Crippen LogP contribution in [-0.2, 0) is 0 Å². The molecular weight excluding hydrogens is 363 g/mol. The number of piperazine rings is 1. The number of carbonyl (C=O) groups excluding carboxylic acids is 1. The van der Waals surface area contributed by atoms with Gasteiger partial charge in [0, 0.05) is 44.4 Å². The molecule has 1 aromatic carbocycles. The van der Waals surface area contributed by atoms with Gasteiger partial charge in [0.2, 0.25) is 0 Å². The summed E-state index contributed by atoms with van der Waals surface area (Å²) in [5.41, 5.74) is 1.47. The van der Waals surface area contributed by atoms with Gasteiger partial charge in [-0.05, 0) is 24.3 Å². The Morgan fingerprint density at radius 1 is 1.08 bits per heavy atom. The molecule has 2 aromatic rings. The van der Waals surface area contributed by atoms with Crippen LogP contribution in [-0.4, -0.2) is 60.7 Å². The van der Waals surface area contributed by atoms with E-state index < -0.39 is 0 Å². The molecule has 0 unspecified atom stereocenters. The maximum Gasteiger partial charge on any atom is 0.175 e. The van der Waals surface area contributed by atoms with Crippen molar-refractivity contribution in [1.82, 2.24) is 15.1 Å². The third-order valence-electron chi connectivity index (χ3n) is 4.11. The van der Waals surface area contributed by atoms with Gasteiger partial charge in [-0.3, -0.25) is 9.69 Å². The summed E-state index contributed by atoms with van der Waals surface area (Å²) in [6.07, 6.45) is 0.820. The number of aromatic nitrogens is 2. The highest BCUT2D eigenvalue weighted by molar-refractivity contribution is 6.33. The van der Waals surface area contributed by atoms with E-state index in [9.17, 15) is 4.79 Å². The predicted octanol–water partition coefficient (Wildman–Crippen LogP) is 2.80. The van der Waals surface area contributed by atoms with Crippen LogP contribution in [0.5, 0.6) is 5.75 Å². The summed E-state index contributed by atoms with van der Waals surface area (Å²) >= 11 is 12.0. The fraction of sp³-hybridized carbons (Fsp3) is 0.353. The zero-order valence-corrected chi connectivity index (χ0v) is 15.1. The number of benzene rings is 1. The number of rotatable bonds is 6. The first kappa shape index (κ1) is 17.9. The van der Waals surface area contributed by atoms with Crippen molar-refractivity contribution in [3.63, 3.8) is 0 Å². The molecule has 0 radical (unpaired) electrons. The Balaban J connectivity index is 1.44. The first-order valence-electron chi connectivity index (χ1n) is 8.00. The molecule has 0 saturated carbocycles. The molecule has 0 N–H and O–H groups in total. The van der Waals surface area contributed by atoms with E-state index in [0.29, 0.717) is 22.5 Å². The summed E-state index contributed by atoms with van der Waals surface area (Å²) in [5.74, 6) is 0.772. The van der Waals surface area contributed by atoms with Crippen molar-refractivity contribution >= 4 is 35.2 Å². The first-order valence-corrected chi connectivity index (χ1v) is 8.75. The Labute approximate surface area is 156 Å². The van der Waals surface area contributed by atoms with Gasteiger partial charge in [0.05, 0.1) is 5.69 Å². The van der Waals surface area contributed by atoms with Crippen molar-refractivity contribution in [1.29, 1.82) is 0 Å². The van der Waals surface area contributed by atoms with Gasteiger partial charge in [0.25, 0.3) is 0 Å². The molecule has 0 spiro atoms. The van der Waals surface area contributed by atoms with E-state index >= 15 is 0 Å². The van der Waals surface area contributed by atoms with Crippen LogP contribution < -0.4 is 9.64 Å². The van der Waals surface area contributed by atoms with Crippen LogP contribution in [0.4, 0.5) is 5.69 Å². The van der Waals surface area contributed by atoms with Crippen molar-refractivity contribution < 1.29 is 9.53 Å². The Morgan fingerprint density at radius 3 is 2.48 bits per heavy atom. The van der Waals surface area contributed by atoms with Gasteiger partial charge in [0.15, 0.2) is 10.3 Å². The Bertz CT molecular complexity index is 719. The maximum absolute atomic E-state index is 10.6. The Hall–Kier alpha value is -1.89. The van der Waals surface area contributed by atoms with Gasteiger partial charge in [0.1, 0.15) is 18.6 Å². The number of nitrogens with zero attached hydrogens (tertiary/aromatic N) is 4. The number of ether oxygens (including phenoxy) is 1. The first-order chi connectivity index (χ1) is 12.2. The molecule has 8 heteroatoms. The third-order valence-corrected chi connectivity index (χ3v) is 4.56. The molecule has 1 aliphatic rings. The van der Waals surface area contributed by atoms with E-state index in [1.165, 1.54) is 0 Å². The molecule has 6 nitrogen and oxygen atoms in total. The molecule has 1 saturated heterocycles. The van der Waals surface area contributed by atoms with Crippen molar-refractivity contribution in [3.05, 3.63) is 46.2 Å². The zero-order valence-electron chi connectivity index (χ0n) is 13.6. The van der Waals surface area contributed by atoms with E-state index in [4.69, 9.17) is 27.9 Å². The second-order valence-corrected chi connectivity index (χ2v) is 6.45. The summed E-state index contributed by atoms with van der Waals surface area (Å²) in [4.78, 5) is 15.1. The molecular formula is C17H18Cl2N4O2. The number of halogens is 2. The summed E-state index contributed by atoms with van der Waals surface area (Å²) in [7, 11) is 0. The fourth-order valence-corrected chi connectivity index (χ4v) is 3.07. The van der Waals surface area contributed by atoms with E-state index in [-0.39, 0.29) is 0 Å². The second-order valence-electron chi connectivity index (χ2n) is 5.71. The molecule has 25 heavy (non-hydrogen) atoms. The molecule has 1 aliphatic heterocycles. The number of carbonyl (C=O) groups is 1. The lowest BCUT2D eigenvalue weighted by atomic mass is 10.2. The molecule has 1 fully saturated rings. The average molecular weight is 381 g/mol. The monoisotopic (exact) mass is 380 g/mol. The van der Waals surface area contributed by atoms with Crippen molar-refractivity contribution in [2.45, 2.75) is 0 Å². The SMILES string of the molecule is O=Cc1ccc(OCCN2CCN(c3cc(Cl)nnc3Cl)CC2)cc1. The second kappa shape index (κ2) is 8.47. The highest BCUT2D eigenvalue weighted by Gasteiger charge is 2.20. The fourth-order valence-electron chi connectivity index (χ4n) is 2.71. The minimum atomic E-state index is 0.343. The predicted molar refractivity (Wildman–Crippen MR) is 98.0 cm³/mol. The van der Waals surface area contributed by atoms with Crippen molar-refractivity contribution in [2.75, 3.05) is 44.2 Å². The smallest absolute Gasteiger partial charge is 0.175 e. The quantitative estimate of drug-likeness (QED) is 0.718. The van der Waals surface area contributed by atoms with Crippen molar-refractivity contribution in [3.8, 4) is 5.75 Å². The van der Waals surface area contributed by atoms with Crippen LogP contribution in [0.2, 0.25) is 10.3 Å². The van der Waals surface area contributed by atoms with Gasteiger partial charge in [-0.1, -0.05) is 23.2 Å². The van der Waals surface area contributed by atoms with Gasteiger partial charge in [-0.2, -0.15) is 0 Å². The highest BCUT2D eigenvalue weighted by Crippen LogP contribution is 2.26. The van der Waals surface area contributed by atoms with E-state index in [2.05, 4.69) is 20.0 Å². The Kier molecular flexibility index (Phi) is 6.07. The van der Waals surface area contributed by atoms with Crippen LogP contribution in [0, 0.1) is 0 Å². The number of anilines is 1. The van der Waals surface area contributed by atoms with Gasteiger partial charge >= 0.3 is 0 Å². The lowest BCUT2D eigenvalue weighted by Crippen LogP contribution is -2.47. The summed E-state index contributed by atoms with van der Waals surface area (Å²) < 4.78 is 5.73. The number of aldehydes is 1. The van der Waals surface area contributed by atoms with Gasteiger partial charge < -0.3 is 9.64 Å². The molecule has 3 rings (SSSR count). The van der Waals surface area contributed by atoms with E-state index in [1.807, 2.05) is 12.1 Å². The van der Waals surface area contributed by atoms with Crippen LogP contribution in [0.3, 0.4) is 0 Å². The molecule has 132 valence electrons. The summed E-state index contributed by atoms with van der Waals surface area (Å²) in [6, 6.07) is 8.86. The van der Waals surface area contributed by atoms with Gasteiger partial charge in [-0.25, -0.2) is 0 Å². The Morgan fingerprint density at radius 2 is 1.80 bits per heavy atom. The lowest BCUT2D eigenvalue weighted by molar-refractivity contribution is 0.112. The summed E-state index contributed by atoms with van der Waals surface area (Å²) in [5, 5.41) is 8.31. The standard InChI is InChI=1S/C17H18Cl2N4O2/c18-16-11-15(17(19)21-20-16)23-7-5-22(6-8-23)9-10-25-14-3-1-13(12-24)2-4-14/h1-4,11-12H,5-10H2. The average Bonchev–Trinajstić information content (AvgIpc) is 2.65. The van der Waals surface area contributed by atoms with Gasteiger partial charge in [-0.15, -0.1) is 10.2 Å². The largest absolute Gasteiger partial charge is 0.492 e. The normalized spacial score (nSPS) is 15.2. The third kappa shape index (κ3) is 4.81. The van der Waals surface area contributed by atoms with Crippen LogP contribution in [0.15, 0.2) is 30.3 Å². The van der Waals surface area contributed by atoms with Crippen LogP contribution in [0.1, 0.15) is 10.4 Å². The number of hydrogen-bond donors (Lipinski definition) is 0. The molecule has 0 aliphatic carbocycles. The highest BCUT2D eigenvalue weighted by atomic mass is 35.5. The minimum Gasteiger partial charge on any atom is -0.492 e. The molecule has 0 atom stereocenters. The molecule has 2 heterocycles. The zero-order chi connectivity index (χ0) is 17.6. The topological polar surface area (TPSA) is 58.6 Å². The van der Waals surface area contributed by atoms with Crippen LogP contribution in [0.25, 0.3) is 0 Å². The maximum atomic E-state index is 10.6. The summed E-state index contributed by atoms with van der Waals surface area (Å²) in [6.45, 7) is 4.94. The molecule has 0 bridgehead atoms. The lowest BCUT2D eigenvalue weighted by Gasteiger charge is -2.36. The molecule has 1 aromatic heterocycles. The van der Waals surface area contributed by atoms with Crippen molar-refractivity contribution in [2.24, 2.45) is 0 Å². The number of hydrogen-bond acceptors (Lipinski definition) is 6. The molecule has 0 amide bonds. The minimum absolute atomic E-state index is 0.343.